The molecule has 3 rings (SSSR count). The van der Waals surface area contributed by atoms with Gasteiger partial charge in [0.15, 0.2) is 0 Å². The fourth-order valence-corrected chi connectivity index (χ4v) is 6.79. The molecule has 10 heteroatoms. The molecule has 0 aliphatic carbocycles. The van der Waals surface area contributed by atoms with Gasteiger partial charge in [-0.05, 0) is 80.1 Å². The van der Waals surface area contributed by atoms with E-state index in [1.165, 1.54) is 23.4 Å². The number of aryl methyl sites for hydroxylation is 3. The standard InChI is InChI=1S/C22H29N3O5S2/c1-5-11-31(27,28)25-10-6-7-18-14-19(8-9-21(18)25)24-32(29,30)20-12-15(2)22(16(3)13-20)23-17(4)26/h8-9,12-14,24H,5-7,10-11H2,1-4H3,(H,23,26). The van der Waals surface area contributed by atoms with Crippen LogP contribution >= 0.6 is 0 Å². The Hall–Kier alpha value is -2.59. The maximum absolute atomic E-state index is 13.0. The van der Waals surface area contributed by atoms with Gasteiger partial charge in [-0.2, -0.15) is 0 Å². The molecule has 0 fully saturated rings. The van der Waals surface area contributed by atoms with Crippen molar-refractivity contribution in [1.29, 1.82) is 0 Å². The first-order chi connectivity index (χ1) is 14.9. The molecule has 2 aromatic rings. The van der Waals surface area contributed by atoms with Gasteiger partial charge in [0.05, 0.1) is 16.3 Å². The number of amides is 1. The van der Waals surface area contributed by atoms with E-state index in [2.05, 4.69) is 10.0 Å². The minimum Gasteiger partial charge on any atom is -0.326 e. The topological polar surface area (TPSA) is 113 Å². The van der Waals surface area contributed by atoms with Crippen LogP contribution in [0.4, 0.5) is 17.1 Å². The monoisotopic (exact) mass is 479 g/mol. The molecule has 8 nitrogen and oxygen atoms in total. The highest BCUT2D eigenvalue weighted by atomic mass is 32.2. The van der Waals surface area contributed by atoms with Crippen LogP contribution in [0.2, 0.25) is 0 Å². The van der Waals surface area contributed by atoms with Crippen molar-refractivity contribution >= 4 is 43.0 Å². The van der Waals surface area contributed by atoms with Gasteiger partial charge in [-0.3, -0.25) is 13.8 Å². The molecule has 0 bridgehead atoms. The summed E-state index contributed by atoms with van der Waals surface area (Å²) in [6, 6.07) is 7.97. The van der Waals surface area contributed by atoms with Crippen molar-refractivity contribution < 1.29 is 21.6 Å². The Bertz CT molecular complexity index is 1230. The Balaban J connectivity index is 1.90. The zero-order valence-corrected chi connectivity index (χ0v) is 20.4. The Morgan fingerprint density at radius 2 is 1.72 bits per heavy atom. The smallest absolute Gasteiger partial charge is 0.261 e. The fourth-order valence-electron chi connectivity index (χ4n) is 3.95. The summed E-state index contributed by atoms with van der Waals surface area (Å²) in [7, 11) is -7.27. The van der Waals surface area contributed by atoms with E-state index in [4.69, 9.17) is 0 Å². The van der Waals surface area contributed by atoms with Crippen LogP contribution in [0.15, 0.2) is 35.2 Å². The molecule has 1 aliphatic heterocycles. The second kappa shape index (κ2) is 9.11. The van der Waals surface area contributed by atoms with E-state index in [0.29, 0.717) is 54.0 Å². The lowest BCUT2D eigenvalue weighted by Crippen LogP contribution is -2.37. The van der Waals surface area contributed by atoms with E-state index < -0.39 is 20.0 Å². The summed E-state index contributed by atoms with van der Waals surface area (Å²) >= 11 is 0. The number of hydrogen-bond donors (Lipinski definition) is 2. The van der Waals surface area contributed by atoms with Gasteiger partial charge in [0.25, 0.3) is 10.0 Å². The molecule has 0 radical (unpaired) electrons. The Morgan fingerprint density at radius 1 is 1.06 bits per heavy atom. The lowest BCUT2D eigenvalue weighted by Gasteiger charge is -2.30. The molecule has 32 heavy (non-hydrogen) atoms. The highest BCUT2D eigenvalue weighted by Gasteiger charge is 2.27. The van der Waals surface area contributed by atoms with Crippen molar-refractivity contribution in [2.45, 2.75) is 51.9 Å². The van der Waals surface area contributed by atoms with E-state index in [0.717, 1.165) is 5.56 Å². The third-order valence-corrected chi connectivity index (χ3v) is 8.66. The predicted molar refractivity (Wildman–Crippen MR) is 127 cm³/mol. The van der Waals surface area contributed by atoms with E-state index >= 15 is 0 Å². The van der Waals surface area contributed by atoms with Crippen LogP contribution in [0.1, 0.15) is 43.4 Å². The lowest BCUT2D eigenvalue weighted by molar-refractivity contribution is -0.114. The summed E-state index contributed by atoms with van der Waals surface area (Å²) in [6.45, 7) is 7.13. The van der Waals surface area contributed by atoms with Crippen molar-refractivity contribution in [3.8, 4) is 0 Å². The normalized spacial score (nSPS) is 14.1. The average molecular weight is 480 g/mol. The Labute approximate surface area is 190 Å². The number of hydrogen-bond acceptors (Lipinski definition) is 5. The molecule has 0 aromatic heterocycles. The van der Waals surface area contributed by atoms with Gasteiger partial charge in [0, 0.05) is 24.8 Å². The number of fused-ring (bicyclic) bond motifs is 1. The quantitative estimate of drug-likeness (QED) is 0.631. The fraction of sp³-hybridized carbons (Fsp3) is 0.409. The lowest BCUT2D eigenvalue weighted by atomic mass is 10.0. The number of carbonyl (C=O) groups is 1. The summed E-state index contributed by atoms with van der Waals surface area (Å²) in [5.74, 6) is -0.150. The molecule has 1 aliphatic rings. The van der Waals surface area contributed by atoms with Crippen molar-refractivity contribution in [3.63, 3.8) is 0 Å². The number of carbonyl (C=O) groups excluding carboxylic acids is 1. The van der Waals surface area contributed by atoms with E-state index in [1.54, 1.807) is 32.0 Å². The molecular formula is C22H29N3O5S2. The predicted octanol–water partition coefficient (Wildman–Crippen LogP) is 3.56. The second-order valence-corrected chi connectivity index (χ2v) is 11.7. The van der Waals surface area contributed by atoms with E-state index in [-0.39, 0.29) is 16.6 Å². The number of nitrogens with one attached hydrogen (secondary N) is 2. The molecule has 1 heterocycles. The van der Waals surface area contributed by atoms with Gasteiger partial charge < -0.3 is 5.32 Å². The largest absolute Gasteiger partial charge is 0.326 e. The van der Waals surface area contributed by atoms with Crippen LogP contribution in [0.5, 0.6) is 0 Å². The summed E-state index contributed by atoms with van der Waals surface area (Å²) in [6.07, 6.45) is 1.88. The van der Waals surface area contributed by atoms with Crippen LogP contribution in [-0.4, -0.2) is 35.0 Å². The first-order valence-corrected chi connectivity index (χ1v) is 13.6. The summed E-state index contributed by atoms with van der Waals surface area (Å²) in [5.41, 5.74) is 3.66. The molecule has 1 amide bonds. The molecule has 0 saturated carbocycles. The van der Waals surface area contributed by atoms with Gasteiger partial charge in [-0.1, -0.05) is 6.92 Å². The number of rotatable bonds is 7. The molecular weight excluding hydrogens is 450 g/mol. The van der Waals surface area contributed by atoms with Gasteiger partial charge in [0.1, 0.15) is 0 Å². The third kappa shape index (κ3) is 5.07. The number of anilines is 3. The van der Waals surface area contributed by atoms with Crippen molar-refractivity contribution in [2.75, 3.05) is 26.6 Å². The van der Waals surface area contributed by atoms with E-state index in [9.17, 15) is 21.6 Å². The molecule has 0 spiro atoms. The van der Waals surface area contributed by atoms with Gasteiger partial charge in [-0.25, -0.2) is 16.8 Å². The SMILES string of the molecule is CCCS(=O)(=O)N1CCCc2cc(NS(=O)(=O)c3cc(C)c(NC(C)=O)c(C)c3)ccc21. The van der Waals surface area contributed by atoms with Gasteiger partial charge >= 0.3 is 0 Å². The molecule has 174 valence electrons. The van der Waals surface area contributed by atoms with Gasteiger partial charge in [-0.15, -0.1) is 0 Å². The van der Waals surface area contributed by atoms with E-state index in [1.807, 2.05) is 6.92 Å². The van der Waals surface area contributed by atoms with Crippen LogP contribution in [0, 0.1) is 13.8 Å². The molecule has 0 saturated heterocycles. The maximum Gasteiger partial charge on any atom is 0.261 e. The minimum atomic E-state index is -3.88. The van der Waals surface area contributed by atoms with Crippen LogP contribution in [0.3, 0.4) is 0 Å². The summed E-state index contributed by atoms with van der Waals surface area (Å²) in [4.78, 5) is 11.5. The maximum atomic E-state index is 13.0. The summed E-state index contributed by atoms with van der Waals surface area (Å²) < 4.78 is 55.2. The zero-order chi connectivity index (χ0) is 23.7. The summed E-state index contributed by atoms with van der Waals surface area (Å²) in [5, 5.41) is 2.72. The van der Waals surface area contributed by atoms with Crippen molar-refractivity contribution in [2.24, 2.45) is 0 Å². The van der Waals surface area contributed by atoms with Gasteiger partial charge in [0.2, 0.25) is 15.9 Å². The molecule has 2 N–H and O–H groups in total. The molecule has 0 atom stereocenters. The number of benzene rings is 2. The number of sulfonamides is 2. The minimum absolute atomic E-state index is 0.0774. The highest BCUT2D eigenvalue weighted by molar-refractivity contribution is 7.93. The Kier molecular flexibility index (Phi) is 6.85. The van der Waals surface area contributed by atoms with Crippen molar-refractivity contribution in [3.05, 3.63) is 47.0 Å². The second-order valence-electron chi connectivity index (χ2n) is 8.05. The third-order valence-electron chi connectivity index (χ3n) is 5.32. The van der Waals surface area contributed by atoms with Crippen LogP contribution in [-0.2, 0) is 31.3 Å². The zero-order valence-electron chi connectivity index (χ0n) is 18.7. The van der Waals surface area contributed by atoms with Crippen LogP contribution in [0.25, 0.3) is 0 Å². The number of nitrogens with zero attached hydrogens (tertiary/aromatic N) is 1. The first kappa shape index (κ1) is 24.1. The van der Waals surface area contributed by atoms with Crippen LogP contribution < -0.4 is 14.3 Å². The van der Waals surface area contributed by atoms with Crippen molar-refractivity contribution in [1.82, 2.24) is 0 Å². The molecule has 2 aromatic carbocycles. The average Bonchev–Trinajstić information content (AvgIpc) is 2.69. The molecule has 0 unspecified atom stereocenters. The Morgan fingerprint density at radius 3 is 2.31 bits per heavy atom. The first-order valence-electron chi connectivity index (χ1n) is 10.5. The highest BCUT2D eigenvalue weighted by Crippen LogP contribution is 2.33.